The van der Waals surface area contributed by atoms with Crippen LogP contribution in [0.25, 0.3) is 0 Å². The lowest BCUT2D eigenvalue weighted by Gasteiger charge is -2.39. The third-order valence-corrected chi connectivity index (χ3v) is 9.00. The molecule has 2 aliphatic rings. The summed E-state index contributed by atoms with van der Waals surface area (Å²) in [6.07, 6.45) is 2.61. The number of urea groups is 1. The number of carbonyl (C=O) groups excluding carboxylic acids is 6. The summed E-state index contributed by atoms with van der Waals surface area (Å²) in [5.41, 5.74) is 4.16. The molecular weight excluding hydrogens is 590 g/mol. The number of para-hydroxylation sites is 1. The first-order valence-electron chi connectivity index (χ1n) is 16.1. The maximum Gasteiger partial charge on any atom is 0.316 e. The standard InChI is InChI=1S/C34H51N5O7/c1-18(2)24(26(41)20-11-9-10-12-23(20)40)37-32(46)38-28(34(6,7)8)31(45)39-16-15-21(33(3,4)5)25(39)30(44)36-22(17-19-13-14-19)27(42)29(35)43/h9-12,18-19,21-22,24-25,28,40H,13-17H2,1-8H3,(H2,35,43)(H,36,44)(H2,37,38,46)/t21-,22?,24-,25-,28+/m0/s1. The van der Waals surface area contributed by atoms with E-state index in [9.17, 15) is 33.9 Å². The number of phenols is 1. The summed E-state index contributed by atoms with van der Waals surface area (Å²) in [6.45, 7) is 15.0. The van der Waals surface area contributed by atoms with Crippen LogP contribution in [0, 0.1) is 28.6 Å². The van der Waals surface area contributed by atoms with Crippen molar-refractivity contribution in [2.24, 2.45) is 34.3 Å². The summed E-state index contributed by atoms with van der Waals surface area (Å²) in [7, 11) is 0. The van der Waals surface area contributed by atoms with Crippen molar-refractivity contribution in [3.05, 3.63) is 29.8 Å². The second-order valence-corrected chi connectivity index (χ2v) is 15.2. The van der Waals surface area contributed by atoms with Crippen LogP contribution in [-0.2, 0) is 19.2 Å². The van der Waals surface area contributed by atoms with Crippen molar-refractivity contribution >= 4 is 35.3 Å². The number of Topliss-reactive ketones (excluding diaryl/α,β-unsaturated/α-hetero) is 2. The van der Waals surface area contributed by atoms with Gasteiger partial charge in [-0.15, -0.1) is 0 Å². The summed E-state index contributed by atoms with van der Waals surface area (Å²) in [6, 6.07) is 1.20. The Labute approximate surface area is 271 Å². The fourth-order valence-electron chi connectivity index (χ4n) is 6.13. The van der Waals surface area contributed by atoms with E-state index in [4.69, 9.17) is 5.73 Å². The number of hydrogen-bond acceptors (Lipinski definition) is 7. The minimum Gasteiger partial charge on any atom is -0.507 e. The van der Waals surface area contributed by atoms with Crippen molar-refractivity contribution in [1.29, 1.82) is 0 Å². The molecule has 0 spiro atoms. The quantitative estimate of drug-likeness (QED) is 0.171. The van der Waals surface area contributed by atoms with Gasteiger partial charge in [-0.25, -0.2) is 4.79 Å². The van der Waals surface area contributed by atoms with Gasteiger partial charge in [-0.1, -0.05) is 80.4 Å². The lowest BCUT2D eigenvalue weighted by atomic mass is 9.75. The number of likely N-dealkylation sites (tertiary alicyclic amines) is 1. The Kier molecular flexibility index (Phi) is 11.3. The lowest BCUT2D eigenvalue weighted by Crippen LogP contribution is -2.62. The van der Waals surface area contributed by atoms with Gasteiger partial charge in [0.2, 0.25) is 17.6 Å². The van der Waals surface area contributed by atoms with E-state index < -0.39 is 70.3 Å². The average Bonchev–Trinajstić information content (AvgIpc) is 3.64. The molecule has 5 atom stereocenters. The van der Waals surface area contributed by atoms with E-state index in [-0.39, 0.29) is 35.6 Å². The van der Waals surface area contributed by atoms with Crippen molar-refractivity contribution in [3.63, 3.8) is 0 Å². The van der Waals surface area contributed by atoms with Gasteiger partial charge in [-0.3, -0.25) is 24.0 Å². The second kappa shape index (κ2) is 14.2. The minimum absolute atomic E-state index is 0.0684. The normalized spacial score (nSPS) is 20.4. The molecule has 5 amide bonds. The number of hydrogen-bond donors (Lipinski definition) is 5. The van der Waals surface area contributed by atoms with Gasteiger partial charge >= 0.3 is 6.03 Å². The van der Waals surface area contributed by atoms with Crippen molar-refractivity contribution < 1.29 is 33.9 Å². The molecule has 1 aliphatic heterocycles. The zero-order chi connectivity index (χ0) is 34.7. The summed E-state index contributed by atoms with van der Waals surface area (Å²) < 4.78 is 0. The largest absolute Gasteiger partial charge is 0.507 e. The van der Waals surface area contributed by atoms with E-state index in [1.165, 1.54) is 17.0 Å². The molecule has 1 aliphatic carbocycles. The highest BCUT2D eigenvalue weighted by Crippen LogP contribution is 2.40. The number of rotatable bonds is 12. The van der Waals surface area contributed by atoms with Crippen LogP contribution in [0.1, 0.15) is 91.4 Å². The molecule has 6 N–H and O–H groups in total. The number of aromatic hydroxyl groups is 1. The molecule has 254 valence electrons. The molecule has 12 heteroatoms. The van der Waals surface area contributed by atoms with Crippen LogP contribution in [0.5, 0.6) is 5.75 Å². The molecule has 1 saturated heterocycles. The highest BCUT2D eigenvalue weighted by atomic mass is 16.3. The Bertz CT molecular complexity index is 1340. The van der Waals surface area contributed by atoms with Gasteiger partial charge in [0, 0.05) is 6.54 Å². The molecule has 1 saturated carbocycles. The van der Waals surface area contributed by atoms with Gasteiger partial charge in [-0.05, 0) is 53.6 Å². The summed E-state index contributed by atoms with van der Waals surface area (Å²) in [5.74, 6) is -4.10. The van der Waals surface area contributed by atoms with Crippen LogP contribution in [0.3, 0.4) is 0 Å². The van der Waals surface area contributed by atoms with Crippen molar-refractivity contribution in [3.8, 4) is 5.75 Å². The molecule has 1 heterocycles. The Morgan fingerprint density at radius 1 is 0.935 bits per heavy atom. The predicted octanol–water partition coefficient (Wildman–Crippen LogP) is 2.92. The molecule has 0 bridgehead atoms. The molecular formula is C34H51N5O7. The van der Waals surface area contributed by atoms with Gasteiger partial charge in [-0.2, -0.15) is 0 Å². The maximum absolute atomic E-state index is 14.3. The molecule has 46 heavy (non-hydrogen) atoms. The zero-order valence-corrected chi connectivity index (χ0v) is 28.3. The highest BCUT2D eigenvalue weighted by molar-refractivity contribution is 6.37. The number of nitrogens with two attached hydrogens (primary N) is 1. The molecule has 0 radical (unpaired) electrons. The fourth-order valence-corrected chi connectivity index (χ4v) is 6.13. The number of primary amides is 1. The van der Waals surface area contributed by atoms with Crippen LogP contribution < -0.4 is 21.7 Å². The Hall–Kier alpha value is -3.96. The van der Waals surface area contributed by atoms with Gasteiger partial charge in [0.15, 0.2) is 5.78 Å². The zero-order valence-electron chi connectivity index (χ0n) is 28.3. The van der Waals surface area contributed by atoms with E-state index in [1.807, 2.05) is 20.8 Å². The number of nitrogens with one attached hydrogen (secondary N) is 3. The number of nitrogens with zero attached hydrogens (tertiary/aromatic N) is 1. The molecule has 0 aromatic heterocycles. The third-order valence-electron chi connectivity index (χ3n) is 9.00. The summed E-state index contributed by atoms with van der Waals surface area (Å²) in [4.78, 5) is 80.8. The van der Waals surface area contributed by atoms with E-state index in [1.54, 1.807) is 46.8 Å². The molecule has 1 unspecified atom stereocenters. The third kappa shape index (κ3) is 8.85. The number of phenolic OH excluding ortho intramolecular Hbond substituents is 1. The number of benzene rings is 1. The SMILES string of the molecule is CC(C)[C@H](NC(=O)N[C@H](C(=O)N1CC[C@H](C(C)(C)C)[C@H]1C(=O)NC(CC1CC1)C(=O)C(N)=O)C(C)(C)C)C(=O)c1ccccc1O. The van der Waals surface area contributed by atoms with Crippen molar-refractivity contribution in [1.82, 2.24) is 20.9 Å². The number of ketones is 2. The van der Waals surface area contributed by atoms with Gasteiger partial charge in [0.25, 0.3) is 5.91 Å². The minimum atomic E-state index is -1.12. The van der Waals surface area contributed by atoms with Crippen molar-refractivity contribution in [2.45, 2.75) is 105 Å². The maximum atomic E-state index is 14.3. The molecule has 1 aromatic carbocycles. The predicted molar refractivity (Wildman–Crippen MR) is 173 cm³/mol. The van der Waals surface area contributed by atoms with Crippen LogP contribution in [0.15, 0.2) is 24.3 Å². The monoisotopic (exact) mass is 641 g/mol. The Morgan fingerprint density at radius 3 is 2.04 bits per heavy atom. The highest BCUT2D eigenvalue weighted by Gasteiger charge is 2.50. The first-order valence-corrected chi connectivity index (χ1v) is 16.1. The number of carbonyl (C=O) groups is 6. The van der Waals surface area contributed by atoms with Crippen LogP contribution in [-0.4, -0.2) is 76.0 Å². The summed E-state index contributed by atoms with van der Waals surface area (Å²) >= 11 is 0. The topological polar surface area (TPSA) is 188 Å². The average molecular weight is 642 g/mol. The first-order chi connectivity index (χ1) is 21.2. The Balaban J connectivity index is 1.87. The van der Waals surface area contributed by atoms with Gasteiger partial charge < -0.3 is 31.7 Å². The van der Waals surface area contributed by atoms with Crippen molar-refractivity contribution in [2.75, 3.05) is 6.54 Å². The van der Waals surface area contributed by atoms with Crippen LogP contribution in [0.4, 0.5) is 4.79 Å². The smallest absolute Gasteiger partial charge is 0.316 e. The molecule has 1 aromatic rings. The Morgan fingerprint density at radius 2 is 1.54 bits per heavy atom. The molecule has 12 nitrogen and oxygen atoms in total. The van der Waals surface area contributed by atoms with E-state index in [0.717, 1.165) is 12.8 Å². The summed E-state index contributed by atoms with van der Waals surface area (Å²) in [5, 5.41) is 18.4. The van der Waals surface area contributed by atoms with E-state index in [0.29, 0.717) is 12.8 Å². The van der Waals surface area contributed by atoms with Gasteiger partial charge in [0.05, 0.1) is 17.6 Å². The second-order valence-electron chi connectivity index (χ2n) is 15.2. The molecule has 2 fully saturated rings. The first kappa shape index (κ1) is 36.5. The van der Waals surface area contributed by atoms with E-state index >= 15 is 0 Å². The van der Waals surface area contributed by atoms with Crippen LogP contribution >= 0.6 is 0 Å². The molecule has 3 rings (SSSR count). The van der Waals surface area contributed by atoms with Gasteiger partial charge in [0.1, 0.15) is 17.8 Å². The lowest BCUT2D eigenvalue weighted by molar-refractivity contribution is -0.145. The van der Waals surface area contributed by atoms with E-state index in [2.05, 4.69) is 16.0 Å². The number of amides is 5. The fraction of sp³-hybridized carbons (Fsp3) is 0.647. The van der Waals surface area contributed by atoms with Crippen LogP contribution in [0.2, 0.25) is 0 Å².